The summed E-state index contributed by atoms with van der Waals surface area (Å²) >= 11 is 0. The van der Waals surface area contributed by atoms with Crippen molar-refractivity contribution in [3.05, 3.63) is 65.2 Å². The van der Waals surface area contributed by atoms with Crippen molar-refractivity contribution in [3.63, 3.8) is 0 Å². The summed E-state index contributed by atoms with van der Waals surface area (Å²) in [5.74, 6) is 0.871. The second kappa shape index (κ2) is 8.37. The third-order valence-electron chi connectivity index (χ3n) is 5.25. The van der Waals surface area contributed by atoms with Crippen LogP contribution < -0.4 is 5.32 Å². The van der Waals surface area contributed by atoms with E-state index in [0.29, 0.717) is 18.2 Å². The van der Waals surface area contributed by atoms with Gasteiger partial charge in [0.05, 0.1) is 12.6 Å². The lowest BCUT2D eigenvalue weighted by molar-refractivity contribution is -0.123. The summed E-state index contributed by atoms with van der Waals surface area (Å²) in [5, 5.41) is 12.7. The monoisotopic (exact) mass is 352 g/mol. The van der Waals surface area contributed by atoms with E-state index in [4.69, 9.17) is 0 Å². The molecule has 0 radical (unpaired) electrons. The molecule has 1 unspecified atom stereocenters. The number of hydrogen-bond acceptors (Lipinski definition) is 3. The van der Waals surface area contributed by atoms with Gasteiger partial charge in [0.15, 0.2) is 0 Å². The highest BCUT2D eigenvalue weighted by Crippen LogP contribution is 2.29. The van der Waals surface area contributed by atoms with Crippen LogP contribution in [0.2, 0.25) is 0 Å². The van der Waals surface area contributed by atoms with E-state index < -0.39 is 0 Å². The SMILES string of the molecule is Cc1ccc(C(C)NC(=O)CN2CCC(c3cccc(O)c3)CC2)cc1. The summed E-state index contributed by atoms with van der Waals surface area (Å²) in [7, 11) is 0. The number of carbonyl (C=O) groups excluding carboxylic acids is 1. The molecule has 1 aliphatic heterocycles. The average Bonchev–Trinajstić information content (AvgIpc) is 2.62. The Kier molecular flexibility index (Phi) is 5.94. The van der Waals surface area contributed by atoms with Crippen LogP contribution in [0.25, 0.3) is 0 Å². The van der Waals surface area contributed by atoms with Crippen molar-refractivity contribution >= 4 is 5.91 Å². The molecule has 1 saturated heterocycles. The van der Waals surface area contributed by atoms with Gasteiger partial charge < -0.3 is 10.4 Å². The van der Waals surface area contributed by atoms with Crippen molar-refractivity contribution in [1.29, 1.82) is 0 Å². The van der Waals surface area contributed by atoms with Gasteiger partial charge >= 0.3 is 0 Å². The average molecular weight is 352 g/mol. The minimum absolute atomic E-state index is 0.0212. The minimum Gasteiger partial charge on any atom is -0.508 e. The number of hydrogen-bond donors (Lipinski definition) is 2. The van der Waals surface area contributed by atoms with Crippen molar-refractivity contribution in [2.45, 2.75) is 38.6 Å². The Labute approximate surface area is 155 Å². The molecular formula is C22H28N2O2. The molecule has 2 N–H and O–H groups in total. The highest BCUT2D eigenvalue weighted by atomic mass is 16.3. The van der Waals surface area contributed by atoms with Crippen molar-refractivity contribution in [1.82, 2.24) is 10.2 Å². The highest BCUT2D eigenvalue weighted by molar-refractivity contribution is 5.78. The molecule has 0 aliphatic carbocycles. The first-order chi connectivity index (χ1) is 12.5. The fourth-order valence-corrected chi connectivity index (χ4v) is 3.63. The fourth-order valence-electron chi connectivity index (χ4n) is 3.63. The zero-order chi connectivity index (χ0) is 18.5. The second-order valence-electron chi connectivity index (χ2n) is 7.35. The molecule has 3 rings (SSSR count). The van der Waals surface area contributed by atoms with E-state index in [1.165, 1.54) is 11.1 Å². The molecule has 2 aromatic rings. The number of nitrogens with one attached hydrogen (secondary N) is 1. The topological polar surface area (TPSA) is 52.6 Å². The molecule has 0 bridgehead atoms. The number of carbonyl (C=O) groups is 1. The van der Waals surface area contributed by atoms with Crippen LogP contribution in [-0.4, -0.2) is 35.5 Å². The lowest BCUT2D eigenvalue weighted by Crippen LogP contribution is -2.41. The number of benzene rings is 2. The predicted octanol–water partition coefficient (Wildman–Crippen LogP) is 3.76. The second-order valence-corrected chi connectivity index (χ2v) is 7.35. The number of rotatable bonds is 5. The molecule has 138 valence electrons. The van der Waals surface area contributed by atoms with Crippen LogP contribution in [0.15, 0.2) is 48.5 Å². The first-order valence-electron chi connectivity index (χ1n) is 9.38. The molecule has 1 amide bonds. The van der Waals surface area contributed by atoms with E-state index in [2.05, 4.69) is 47.5 Å². The van der Waals surface area contributed by atoms with Gasteiger partial charge in [-0.25, -0.2) is 0 Å². The molecule has 0 spiro atoms. The molecule has 4 heteroatoms. The van der Waals surface area contributed by atoms with Crippen LogP contribution in [-0.2, 0) is 4.79 Å². The standard InChI is InChI=1S/C22H28N2O2/c1-16-6-8-18(9-7-16)17(2)23-22(26)15-24-12-10-19(11-13-24)20-4-3-5-21(25)14-20/h3-9,14,17,19,25H,10-13,15H2,1-2H3,(H,23,26). The quantitative estimate of drug-likeness (QED) is 0.861. The molecule has 1 heterocycles. The maximum absolute atomic E-state index is 12.4. The summed E-state index contributed by atoms with van der Waals surface area (Å²) in [6.45, 7) is 6.35. The summed E-state index contributed by atoms with van der Waals surface area (Å²) < 4.78 is 0. The molecule has 0 aromatic heterocycles. The molecule has 1 fully saturated rings. The number of likely N-dealkylation sites (tertiary alicyclic amines) is 1. The van der Waals surface area contributed by atoms with Crippen LogP contribution in [0.1, 0.15) is 48.4 Å². The maximum atomic E-state index is 12.4. The summed E-state index contributed by atoms with van der Waals surface area (Å²) in [4.78, 5) is 14.6. The molecule has 1 aliphatic rings. The van der Waals surface area contributed by atoms with E-state index >= 15 is 0 Å². The molecule has 4 nitrogen and oxygen atoms in total. The number of amides is 1. The zero-order valence-electron chi connectivity index (χ0n) is 15.6. The van der Waals surface area contributed by atoms with Crippen LogP contribution in [0, 0.1) is 6.92 Å². The third kappa shape index (κ3) is 4.85. The van der Waals surface area contributed by atoms with Gasteiger partial charge in [-0.3, -0.25) is 9.69 Å². The van der Waals surface area contributed by atoms with Crippen LogP contribution >= 0.6 is 0 Å². The van der Waals surface area contributed by atoms with Gasteiger partial charge in [0.2, 0.25) is 5.91 Å². The van der Waals surface area contributed by atoms with Crippen LogP contribution in [0.3, 0.4) is 0 Å². The van der Waals surface area contributed by atoms with Gasteiger partial charge in [-0.1, -0.05) is 42.0 Å². The number of aromatic hydroxyl groups is 1. The van der Waals surface area contributed by atoms with E-state index in [1.807, 2.05) is 19.1 Å². The summed E-state index contributed by atoms with van der Waals surface area (Å²) in [5.41, 5.74) is 3.55. The third-order valence-corrected chi connectivity index (χ3v) is 5.25. The Morgan fingerprint density at radius 2 is 1.88 bits per heavy atom. The highest BCUT2D eigenvalue weighted by Gasteiger charge is 2.22. The van der Waals surface area contributed by atoms with Crippen LogP contribution in [0.4, 0.5) is 0 Å². The Hall–Kier alpha value is -2.33. The minimum atomic E-state index is 0.0212. The fraction of sp³-hybridized carbons (Fsp3) is 0.409. The number of phenols is 1. The summed E-state index contributed by atoms with van der Waals surface area (Å²) in [6.07, 6.45) is 2.04. The van der Waals surface area contributed by atoms with Gasteiger partial charge in [0.25, 0.3) is 0 Å². The Balaban J connectivity index is 1.46. The van der Waals surface area contributed by atoms with Crippen molar-refractivity contribution in [2.75, 3.05) is 19.6 Å². The van der Waals surface area contributed by atoms with Crippen molar-refractivity contribution < 1.29 is 9.90 Å². The molecule has 0 saturated carbocycles. The Morgan fingerprint density at radius 3 is 2.54 bits per heavy atom. The number of aryl methyl sites for hydroxylation is 1. The Bertz CT molecular complexity index is 734. The van der Waals surface area contributed by atoms with E-state index in [1.54, 1.807) is 6.07 Å². The molecule has 1 atom stereocenters. The first kappa shape index (κ1) is 18.5. The van der Waals surface area contributed by atoms with E-state index in [9.17, 15) is 9.90 Å². The normalized spacial score (nSPS) is 17.0. The summed E-state index contributed by atoms with van der Waals surface area (Å²) in [6, 6.07) is 15.9. The zero-order valence-corrected chi connectivity index (χ0v) is 15.6. The largest absolute Gasteiger partial charge is 0.508 e. The van der Waals surface area contributed by atoms with Gasteiger partial charge in [-0.15, -0.1) is 0 Å². The van der Waals surface area contributed by atoms with Crippen molar-refractivity contribution in [2.24, 2.45) is 0 Å². The molecule has 2 aromatic carbocycles. The van der Waals surface area contributed by atoms with Gasteiger partial charge in [-0.05, 0) is 69.0 Å². The smallest absolute Gasteiger partial charge is 0.234 e. The van der Waals surface area contributed by atoms with Crippen LogP contribution in [0.5, 0.6) is 5.75 Å². The molecular weight excluding hydrogens is 324 g/mol. The van der Waals surface area contributed by atoms with Gasteiger partial charge in [-0.2, -0.15) is 0 Å². The number of phenolic OH excluding ortho intramolecular Hbond substituents is 1. The van der Waals surface area contributed by atoms with Crippen molar-refractivity contribution in [3.8, 4) is 5.75 Å². The van der Waals surface area contributed by atoms with Gasteiger partial charge in [0.1, 0.15) is 5.75 Å². The van der Waals surface area contributed by atoms with E-state index in [0.717, 1.165) is 31.5 Å². The lowest BCUT2D eigenvalue weighted by Gasteiger charge is -2.32. The Morgan fingerprint density at radius 1 is 1.19 bits per heavy atom. The first-order valence-corrected chi connectivity index (χ1v) is 9.38. The van der Waals surface area contributed by atoms with E-state index in [-0.39, 0.29) is 11.9 Å². The molecule has 26 heavy (non-hydrogen) atoms. The maximum Gasteiger partial charge on any atom is 0.234 e. The predicted molar refractivity (Wildman–Crippen MR) is 104 cm³/mol. The number of piperidine rings is 1. The lowest BCUT2D eigenvalue weighted by atomic mass is 9.89. The number of nitrogens with zero attached hydrogens (tertiary/aromatic N) is 1. The van der Waals surface area contributed by atoms with Gasteiger partial charge in [0, 0.05) is 0 Å².